The summed E-state index contributed by atoms with van der Waals surface area (Å²) in [5, 5.41) is 5.25. The van der Waals surface area contributed by atoms with Crippen molar-refractivity contribution in [2.24, 2.45) is 0 Å². The normalized spacial score (nSPS) is 11.6. The number of aromatic nitrogens is 1. The number of aryl methyl sites for hydroxylation is 2. The molecule has 0 bridgehead atoms. The van der Waals surface area contributed by atoms with Gasteiger partial charge in [-0.1, -0.05) is 60.2 Å². The summed E-state index contributed by atoms with van der Waals surface area (Å²) in [7, 11) is 0. The first-order valence-corrected chi connectivity index (χ1v) is 8.72. The van der Waals surface area contributed by atoms with Crippen LogP contribution in [0.5, 0.6) is 0 Å². The second-order valence-corrected chi connectivity index (χ2v) is 6.82. The Labute approximate surface area is 147 Å². The highest BCUT2D eigenvalue weighted by Crippen LogP contribution is 2.35. The van der Waals surface area contributed by atoms with Gasteiger partial charge in [0, 0.05) is 16.2 Å². The second-order valence-electron chi connectivity index (χ2n) is 6.82. The van der Waals surface area contributed by atoms with E-state index >= 15 is 0 Å². The lowest BCUT2D eigenvalue weighted by molar-refractivity contribution is 1.19. The lowest BCUT2D eigenvalue weighted by Crippen LogP contribution is -1.96. The summed E-state index contributed by atoms with van der Waals surface area (Å²) >= 11 is 0. The highest BCUT2D eigenvalue weighted by atomic mass is 15.0. The smallest absolute Gasteiger partial charge is 0.0541 e. The van der Waals surface area contributed by atoms with Gasteiger partial charge in [-0.25, -0.2) is 0 Å². The van der Waals surface area contributed by atoms with Gasteiger partial charge in [-0.05, 0) is 49.1 Å². The molecule has 0 spiro atoms. The number of hydrogen-bond donors (Lipinski definition) is 0. The average molecular weight is 321 g/mol. The fourth-order valence-corrected chi connectivity index (χ4v) is 3.98. The van der Waals surface area contributed by atoms with Crippen molar-refractivity contribution < 1.29 is 0 Å². The van der Waals surface area contributed by atoms with Crippen molar-refractivity contribution in [3.05, 3.63) is 90.0 Å². The van der Waals surface area contributed by atoms with E-state index in [1.807, 2.05) is 0 Å². The molecule has 0 fully saturated rings. The van der Waals surface area contributed by atoms with E-state index in [-0.39, 0.29) is 0 Å². The summed E-state index contributed by atoms with van der Waals surface area (Å²) in [6.45, 7) is 4.34. The van der Waals surface area contributed by atoms with Crippen LogP contribution < -0.4 is 0 Å². The topological polar surface area (TPSA) is 4.93 Å². The molecule has 25 heavy (non-hydrogen) atoms. The van der Waals surface area contributed by atoms with Crippen LogP contribution in [0.15, 0.2) is 78.9 Å². The predicted octanol–water partition coefficient (Wildman–Crippen LogP) is 6.55. The number of fused-ring (bicyclic) bond motifs is 4. The molecule has 0 aliphatic carbocycles. The Morgan fingerprint density at radius 2 is 1.24 bits per heavy atom. The van der Waals surface area contributed by atoms with Crippen molar-refractivity contribution >= 4 is 32.6 Å². The molecule has 1 heterocycles. The first-order chi connectivity index (χ1) is 12.2. The Morgan fingerprint density at radius 3 is 2.08 bits per heavy atom. The first-order valence-electron chi connectivity index (χ1n) is 8.72. The molecule has 1 aromatic heterocycles. The quantitative estimate of drug-likeness (QED) is 0.330. The van der Waals surface area contributed by atoms with Crippen LogP contribution in [0.25, 0.3) is 38.3 Å². The molecule has 0 saturated heterocycles. The standard InChI is InChI=1S/C24H19N/c1-16-11-13-24-21(15-16)20-9-5-6-10-22(20)25(24)23-14-12-17(2)18-7-3-4-8-19(18)23/h3-15H,1-2H3. The molecular formula is C24H19N. The third kappa shape index (κ3) is 2.02. The number of hydrogen-bond acceptors (Lipinski definition) is 0. The van der Waals surface area contributed by atoms with Crippen molar-refractivity contribution in [2.45, 2.75) is 13.8 Å². The van der Waals surface area contributed by atoms with Crippen LogP contribution in [-0.2, 0) is 0 Å². The molecule has 0 N–H and O–H groups in total. The van der Waals surface area contributed by atoms with Gasteiger partial charge in [0.05, 0.1) is 16.7 Å². The molecule has 120 valence electrons. The molecular weight excluding hydrogens is 302 g/mol. The van der Waals surface area contributed by atoms with Gasteiger partial charge in [-0.15, -0.1) is 0 Å². The van der Waals surface area contributed by atoms with E-state index in [1.54, 1.807) is 0 Å². The van der Waals surface area contributed by atoms with E-state index in [9.17, 15) is 0 Å². The van der Waals surface area contributed by atoms with Crippen molar-refractivity contribution in [1.29, 1.82) is 0 Å². The Kier molecular flexibility index (Phi) is 2.98. The molecule has 5 rings (SSSR count). The summed E-state index contributed by atoms with van der Waals surface area (Å²) in [6, 6.07) is 28.6. The molecule has 1 heteroatoms. The fourth-order valence-electron chi connectivity index (χ4n) is 3.98. The Balaban J connectivity index is 2.01. The highest BCUT2D eigenvalue weighted by Gasteiger charge is 2.14. The minimum atomic E-state index is 1.25. The SMILES string of the molecule is Cc1ccc2c(c1)c1ccccc1n2-c1ccc(C)c2ccccc12. The zero-order valence-corrected chi connectivity index (χ0v) is 14.5. The van der Waals surface area contributed by atoms with Crippen molar-refractivity contribution in [2.75, 3.05) is 0 Å². The summed E-state index contributed by atoms with van der Waals surface area (Å²) in [6.07, 6.45) is 0. The van der Waals surface area contributed by atoms with Gasteiger partial charge < -0.3 is 4.57 Å². The minimum Gasteiger partial charge on any atom is -0.309 e. The third-order valence-corrected chi connectivity index (χ3v) is 5.19. The van der Waals surface area contributed by atoms with Gasteiger partial charge in [-0.2, -0.15) is 0 Å². The van der Waals surface area contributed by atoms with Gasteiger partial charge >= 0.3 is 0 Å². The van der Waals surface area contributed by atoms with Gasteiger partial charge in [0.1, 0.15) is 0 Å². The molecule has 0 radical (unpaired) electrons. The minimum absolute atomic E-state index is 1.25. The van der Waals surface area contributed by atoms with Crippen molar-refractivity contribution in [1.82, 2.24) is 4.57 Å². The third-order valence-electron chi connectivity index (χ3n) is 5.19. The zero-order chi connectivity index (χ0) is 17.0. The number of para-hydroxylation sites is 1. The predicted molar refractivity (Wildman–Crippen MR) is 108 cm³/mol. The number of benzene rings is 4. The molecule has 0 unspecified atom stereocenters. The number of rotatable bonds is 1. The van der Waals surface area contributed by atoms with E-state index in [1.165, 1.54) is 49.4 Å². The molecule has 0 aliphatic heterocycles. The summed E-state index contributed by atoms with van der Waals surface area (Å²) in [5.41, 5.74) is 6.38. The van der Waals surface area contributed by atoms with E-state index < -0.39 is 0 Å². The van der Waals surface area contributed by atoms with Crippen LogP contribution in [0.4, 0.5) is 0 Å². The Hall–Kier alpha value is -3.06. The average Bonchev–Trinajstić information content (AvgIpc) is 2.96. The Morgan fingerprint density at radius 1 is 0.560 bits per heavy atom. The van der Waals surface area contributed by atoms with Crippen LogP contribution in [0.1, 0.15) is 11.1 Å². The lowest BCUT2D eigenvalue weighted by Gasteiger charge is -2.13. The van der Waals surface area contributed by atoms with Crippen LogP contribution >= 0.6 is 0 Å². The van der Waals surface area contributed by atoms with Gasteiger partial charge in [0.15, 0.2) is 0 Å². The molecule has 0 amide bonds. The maximum absolute atomic E-state index is 2.41. The van der Waals surface area contributed by atoms with Gasteiger partial charge in [0.2, 0.25) is 0 Å². The first kappa shape index (κ1) is 14.3. The monoisotopic (exact) mass is 321 g/mol. The van der Waals surface area contributed by atoms with Crippen molar-refractivity contribution in [3.63, 3.8) is 0 Å². The molecule has 0 aliphatic rings. The van der Waals surface area contributed by atoms with Crippen LogP contribution in [0.3, 0.4) is 0 Å². The lowest BCUT2D eigenvalue weighted by atomic mass is 10.0. The highest BCUT2D eigenvalue weighted by molar-refractivity contribution is 6.10. The number of nitrogens with zero attached hydrogens (tertiary/aromatic N) is 1. The van der Waals surface area contributed by atoms with E-state index in [0.717, 1.165) is 0 Å². The second kappa shape index (κ2) is 5.22. The molecule has 1 nitrogen and oxygen atoms in total. The largest absolute Gasteiger partial charge is 0.309 e. The fraction of sp³-hybridized carbons (Fsp3) is 0.0833. The summed E-state index contributed by atoms with van der Waals surface area (Å²) < 4.78 is 2.41. The maximum Gasteiger partial charge on any atom is 0.0541 e. The van der Waals surface area contributed by atoms with E-state index in [2.05, 4.69) is 97.3 Å². The zero-order valence-electron chi connectivity index (χ0n) is 14.5. The van der Waals surface area contributed by atoms with E-state index in [4.69, 9.17) is 0 Å². The van der Waals surface area contributed by atoms with Crippen LogP contribution in [-0.4, -0.2) is 4.57 Å². The van der Waals surface area contributed by atoms with Gasteiger partial charge in [-0.3, -0.25) is 0 Å². The summed E-state index contributed by atoms with van der Waals surface area (Å²) in [4.78, 5) is 0. The molecule has 0 saturated carbocycles. The van der Waals surface area contributed by atoms with Crippen LogP contribution in [0, 0.1) is 13.8 Å². The molecule has 5 aromatic rings. The van der Waals surface area contributed by atoms with Gasteiger partial charge in [0.25, 0.3) is 0 Å². The van der Waals surface area contributed by atoms with Crippen LogP contribution in [0.2, 0.25) is 0 Å². The molecule has 0 atom stereocenters. The summed E-state index contributed by atoms with van der Waals surface area (Å²) in [5.74, 6) is 0. The molecule has 4 aromatic carbocycles. The van der Waals surface area contributed by atoms with Crippen molar-refractivity contribution in [3.8, 4) is 5.69 Å². The maximum atomic E-state index is 2.41. The Bertz CT molecular complexity index is 1260. The van der Waals surface area contributed by atoms with E-state index in [0.29, 0.717) is 0 Å².